The van der Waals surface area contributed by atoms with Gasteiger partial charge in [-0.2, -0.15) is 0 Å². The molecule has 2 nitrogen and oxygen atoms in total. The molecule has 2 aromatic carbocycles. The van der Waals surface area contributed by atoms with E-state index in [1.165, 1.54) is 4.90 Å². The minimum atomic E-state index is -0.0873. The van der Waals surface area contributed by atoms with E-state index in [-0.39, 0.29) is 5.91 Å². The molecule has 0 unspecified atom stereocenters. The molecule has 0 aliphatic carbocycles. The third-order valence-corrected chi connectivity index (χ3v) is 4.46. The number of hydrogen-bond acceptors (Lipinski definition) is 2. The van der Waals surface area contributed by atoms with E-state index in [1.54, 1.807) is 11.8 Å². The van der Waals surface area contributed by atoms with Crippen molar-refractivity contribution in [2.24, 2.45) is 0 Å². The molecule has 0 spiro atoms. The highest BCUT2D eigenvalue weighted by Crippen LogP contribution is 2.21. The van der Waals surface area contributed by atoms with E-state index in [9.17, 15) is 4.79 Å². The zero-order chi connectivity index (χ0) is 13.8. The van der Waals surface area contributed by atoms with Crippen LogP contribution in [0.2, 0.25) is 0 Å². The molecule has 0 bridgehead atoms. The highest BCUT2D eigenvalue weighted by Gasteiger charge is 2.10. The Balaban J connectivity index is 2.18. The number of rotatable bonds is 3. The van der Waals surface area contributed by atoms with Gasteiger partial charge in [0, 0.05) is 20.6 Å². The van der Waals surface area contributed by atoms with Crippen LogP contribution in [0.25, 0.3) is 0 Å². The maximum Gasteiger partial charge on any atom is 0.255 e. The second-order valence-corrected chi connectivity index (χ2v) is 5.83. The van der Waals surface area contributed by atoms with Gasteiger partial charge >= 0.3 is 0 Å². The van der Waals surface area contributed by atoms with Crippen molar-refractivity contribution in [2.45, 2.75) is 11.8 Å². The number of anilines is 1. The first-order valence-corrected chi connectivity index (χ1v) is 7.84. The Hall–Kier alpha value is -1.26. The van der Waals surface area contributed by atoms with E-state index in [0.29, 0.717) is 5.56 Å². The third kappa shape index (κ3) is 3.39. The molecule has 0 heterocycles. The molecule has 0 atom stereocenters. The van der Waals surface area contributed by atoms with E-state index >= 15 is 0 Å². The highest BCUT2D eigenvalue weighted by atomic mass is 79.9. The van der Waals surface area contributed by atoms with Crippen LogP contribution in [0.4, 0.5) is 5.69 Å². The summed E-state index contributed by atoms with van der Waals surface area (Å²) in [5.74, 6) is -0.0873. The molecule has 4 heteroatoms. The molecule has 0 saturated carbocycles. The van der Waals surface area contributed by atoms with Crippen molar-refractivity contribution in [3.63, 3.8) is 0 Å². The number of carbonyl (C=O) groups is 1. The minimum Gasteiger partial charge on any atom is -0.322 e. The first-order chi connectivity index (χ1) is 9.11. The summed E-state index contributed by atoms with van der Waals surface area (Å²) in [4.78, 5) is 13.4. The molecule has 0 aromatic heterocycles. The summed E-state index contributed by atoms with van der Waals surface area (Å²) in [5.41, 5.74) is 2.44. The predicted octanol–water partition coefficient (Wildman–Crippen LogP) is 4.73. The molecular formula is C15H14BrNOS. The second kappa shape index (κ2) is 6.26. The molecule has 2 aromatic rings. The van der Waals surface area contributed by atoms with Crippen molar-refractivity contribution in [3.05, 3.63) is 58.1 Å². The molecule has 1 N–H and O–H groups in total. The largest absolute Gasteiger partial charge is 0.322 e. The lowest BCUT2D eigenvalue weighted by Gasteiger charge is -2.09. The molecule has 1 amide bonds. The van der Waals surface area contributed by atoms with Gasteiger partial charge < -0.3 is 5.32 Å². The number of thioether (sulfide) groups is 1. The van der Waals surface area contributed by atoms with Gasteiger partial charge in [0.1, 0.15) is 0 Å². The maximum atomic E-state index is 12.2. The van der Waals surface area contributed by atoms with E-state index in [0.717, 1.165) is 15.7 Å². The lowest BCUT2D eigenvalue weighted by atomic mass is 10.1. The molecule has 0 radical (unpaired) electrons. The van der Waals surface area contributed by atoms with Crippen LogP contribution in [0.3, 0.4) is 0 Å². The Morgan fingerprint density at radius 3 is 2.47 bits per heavy atom. The van der Waals surface area contributed by atoms with Crippen LogP contribution < -0.4 is 5.32 Å². The molecule has 0 fully saturated rings. The van der Waals surface area contributed by atoms with Crippen molar-refractivity contribution >= 4 is 39.3 Å². The van der Waals surface area contributed by atoms with Crippen molar-refractivity contribution in [1.82, 2.24) is 0 Å². The van der Waals surface area contributed by atoms with Gasteiger partial charge in [0.25, 0.3) is 5.91 Å². The molecule has 19 heavy (non-hydrogen) atoms. The SMILES string of the molecule is CSc1ccc(NC(=O)c2cccc(Br)c2C)cc1. The van der Waals surface area contributed by atoms with Crippen LogP contribution in [0.5, 0.6) is 0 Å². The van der Waals surface area contributed by atoms with E-state index < -0.39 is 0 Å². The van der Waals surface area contributed by atoms with Gasteiger partial charge in [-0.1, -0.05) is 22.0 Å². The second-order valence-electron chi connectivity index (χ2n) is 4.10. The average Bonchev–Trinajstić information content (AvgIpc) is 2.42. The van der Waals surface area contributed by atoms with Crippen molar-refractivity contribution in [2.75, 3.05) is 11.6 Å². The number of carbonyl (C=O) groups excluding carboxylic acids is 1. The van der Waals surface area contributed by atoms with Crippen LogP contribution >= 0.6 is 27.7 Å². The van der Waals surface area contributed by atoms with Gasteiger partial charge in [-0.15, -0.1) is 11.8 Å². The lowest BCUT2D eigenvalue weighted by Crippen LogP contribution is -2.13. The zero-order valence-corrected chi connectivity index (χ0v) is 13.1. The molecule has 2 rings (SSSR count). The molecule has 0 saturated heterocycles. The molecule has 0 aliphatic rings. The fourth-order valence-electron chi connectivity index (χ4n) is 1.73. The Morgan fingerprint density at radius 2 is 1.84 bits per heavy atom. The molecular weight excluding hydrogens is 322 g/mol. The number of benzene rings is 2. The van der Waals surface area contributed by atoms with Gasteiger partial charge in [-0.3, -0.25) is 4.79 Å². The summed E-state index contributed by atoms with van der Waals surface area (Å²) in [7, 11) is 0. The van der Waals surface area contributed by atoms with Gasteiger partial charge in [0.15, 0.2) is 0 Å². The summed E-state index contributed by atoms with van der Waals surface area (Å²) < 4.78 is 0.942. The van der Waals surface area contributed by atoms with Crippen molar-refractivity contribution in [3.8, 4) is 0 Å². The van der Waals surface area contributed by atoms with Crippen molar-refractivity contribution < 1.29 is 4.79 Å². The highest BCUT2D eigenvalue weighted by molar-refractivity contribution is 9.10. The van der Waals surface area contributed by atoms with Crippen LogP contribution in [-0.2, 0) is 0 Å². The average molecular weight is 336 g/mol. The maximum absolute atomic E-state index is 12.2. The quantitative estimate of drug-likeness (QED) is 0.821. The minimum absolute atomic E-state index is 0.0873. The third-order valence-electron chi connectivity index (χ3n) is 2.86. The normalized spacial score (nSPS) is 10.3. The van der Waals surface area contributed by atoms with Crippen LogP contribution in [0.15, 0.2) is 51.8 Å². The first kappa shape index (κ1) is 14.2. The van der Waals surface area contributed by atoms with Gasteiger partial charge in [-0.05, 0) is 55.1 Å². The summed E-state index contributed by atoms with van der Waals surface area (Å²) in [5, 5.41) is 2.91. The number of hydrogen-bond donors (Lipinski definition) is 1. The first-order valence-electron chi connectivity index (χ1n) is 5.82. The Morgan fingerprint density at radius 1 is 1.16 bits per heavy atom. The number of amides is 1. The van der Waals surface area contributed by atoms with Gasteiger partial charge in [0.2, 0.25) is 0 Å². The topological polar surface area (TPSA) is 29.1 Å². The Kier molecular flexibility index (Phi) is 4.66. The van der Waals surface area contributed by atoms with Gasteiger partial charge in [-0.25, -0.2) is 0 Å². The monoisotopic (exact) mass is 335 g/mol. The predicted molar refractivity (Wildman–Crippen MR) is 85.1 cm³/mol. The fraction of sp³-hybridized carbons (Fsp3) is 0.133. The van der Waals surface area contributed by atoms with Crippen LogP contribution in [0, 0.1) is 6.92 Å². The van der Waals surface area contributed by atoms with E-state index in [1.807, 2.05) is 55.6 Å². The standard InChI is InChI=1S/C15H14BrNOS/c1-10-13(4-3-5-14(10)16)15(18)17-11-6-8-12(19-2)9-7-11/h3-9H,1-2H3,(H,17,18). The molecule has 0 aliphatic heterocycles. The summed E-state index contributed by atoms with van der Waals surface area (Å²) in [6, 6.07) is 13.4. The molecule has 98 valence electrons. The Labute approximate surface area is 125 Å². The summed E-state index contributed by atoms with van der Waals surface area (Å²) in [6.45, 7) is 1.93. The summed E-state index contributed by atoms with van der Waals surface area (Å²) >= 11 is 5.11. The fourth-order valence-corrected chi connectivity index (χ4v) is 2.50. The summed E-state index contributed by atoms with van der Waals surface area (Å²) in [6.07, 6.45) is 2.03. The van der Waals surface area contributed by atoms with E-state index in [4.69, 9.17) is 0 Å². The smallest absolute Gasteiger partial charge is 0.255 e. The zero-order valence-electron chi connectivity index (χ0n) is 10.7. The lowest BCUT2D eigenvalue weighted by molar-refractivity contribution is 0.102. The van der Waals surface area contributed by atoms with Crippen molar-refractivity contribution in [1.29, 1.82) is 0 Å². The number of nitrogens with one attached hydrogen (secondary N) is 1. The Bertz CT molecular complexity index is 596. The van der Waals surface area contributed by atoms with Crippen LogP contribution in [-0.4, -0.2) is 12.2 Å². The van der Waals surface area contributed by atoms with Crippen LogP contribution in [0.1, 0.15) is 15.9 Å². The van der Waals surface area contributed by atoms with Gasteiger partial charge in [0.05, 0.1) is 0 Å². The number of halogens is 1. The van der Waals surface area contributed by atoms with E-state index in [2.05, 4.69) is 21.2 Å².